The number of carbonyl (C=O) groups excluding carboxylic acids is 1. The Hall–Kier alpha value is -1.76. The molecular formula is C19H24FN3OS. The summed E-state index contributed by atoms with van der Waals surface area (Å²) in [6.45, 7) is 8.22. The van der Waals surface area contributed by atoms with Gasteiger partial charge in [-0.25, -0.2) is 4.39 Å². The van der Waals surface area contributed by atoms with Gasteiger partial charge in [-0.05, 0) is 53.9 Å². The third-order valence-electron chi connectivity index (χ3n) is 4.76. The minimum Gasteiger partial charge on any atom is -0.325 e. The van der Waals surface area contributed by atoms with Crippen LogP contribution in [0.2, 0.25) is 0 Å². The maximum atomic E-state index is 13.6. The number of hydrogen-bond donors (Lipinski definition) is 1. The normalized spacial score (nSPS) is 17.4. The highest BCUT2D eigenvalue weighted by Gasteiger charge is 2.25. The van der Waals surface area contributed by atoms with Gasteiger partial charge in [0.2, 0.25) is 5.91 Å². The number of halogens is 1. The lowest BCUT2D eigenvalue weighted by molar-refractivity contribution is -0.121. The SMILES string of the molecule is Cc1ccc(NC(=O)C(C)N2CCN(Cc3ccsc3)CC2)cc1F. The Kier molecular flexibility index (Phi) is 5.83. The predicted molar refractivity (Wildman–Crippen MR) is 100 cm³/mol. The van der Waals surface area contributed by atoms with Crippen LogP contribution in [0.15, 0.2) is 35.0 Å². The fourth-order valence-corrected chi connectivity index (χ4v) is 3.69. The molecule has 1 aliphatic heterocycles. The Bertz CT molecular complexity index is 711. The van der Waals surface area contributed by atoms with E-state index in [1.807, 2.05) is 6.92 Å². The number of piperazine rings is 1. The van der Waals surface area contributed by atoms with Gasteiger partial charge in [0, 0.05) is 38.4 Å². The van der Waals surface area contributed by atoms with E-state index >= 15 is 0 Å². The third-order valence-corrected chi connectivity index (χ3v) is 5.49. The molecule has 134 valence electrons. The molecule has 1 aromatic heterocycles. The maximum Gasteiger partial charge on any atom is 0.241 e. The van der Waals surface area contributed by atoms with Crippen LogP contribution in [0.25, 0.3) is 0 Å². The van der Waals surface area contributed by atoms with Crippen molar-refractivity contribution in [2.75, 3.05) is 31.5 Å². The second-order valence-corrected chi connectivity index (χ2v) is 7.35. The van der Waals surface area contributed by atoms with E-state index in [4.69, 9.17) is 0 Å². The molecule has 0 aliphatic carbocycles. The van der Waals surface area contributed by atoms with Crippen molar-refractivity contribution in [3.63, 3.8) is 0 Å². The number of benzene rings is 1. The van der Waals surface area contributed by atoms with Crippen LogP contribution in [0.1, 0.15) is 18.1 Å². The van der Waals surface area contributed by atoms with E-state index in [-0.39, 0.29) is 17.8 Å². The van der Waals surface area contributed by atoms with Gasteiger partial charge in [-0.15, -0.1) is 0 Å². The van der Waals surface area contributed by atoms with Gasteiger partial charge >= 0.3 is 0 Å². The molecule has 1 unspecified atom stereocenters. The first-order chi connectivity index (χ1) is 12.0. The second kappa shape index (κ2) is 8.08. The number of thiophene rings is 1. The summed E-state index contributed by atoms with van der Waals surface area (Å²) in [7, 11) is 0. The summed E-state index contributed by atoms with van der Waals surface area (Å²) >= 11 is 1.72. The number of nitrogens with one attached hydrogen (secondary N) is 1. The van der Waals surface area contributed by atoms with Crippen LogP contribution < -0.4 is 5.32 Å². The largest absolute Gasteiger partial charge is 0.325 e. The number of anilines is 1. The fourth-order valence-electron chi connectivity index (χ4n) is 3.03. The van der Waals surface area contributed by atoms with Crippen LogP contribution in [-0.2, 0) is 11.3 Å². The summed E-state index contributed by atoms with van der Waals surface area (Å²) in [5, 5.41) is 7.11. The van der Waals surface area contributed by atoms with Crippen molar-refractivity contribution in [3.05, 3.63) is 52.0 Å². The Morgan fingerprint density at radius 1 is 1.28 bits per heavy atom. The molecule has 3 rings (SSSR count). The molecule has 6 heteroatoms. The molecule has 0 spiro atoms. The summed E-state index contributed by atoms with van der Waals surface area (Å²) in [5.41, 5.74) is 2.44. The highest BCUT2D eigenvalue weighted by molar-refractivity contribution is 7.07. The second-order valence-electron chi connectivity index (χ2n) is 6.57. The van der Waals surface area contributed by atoms with Crippen LogP contribution in [0.5, 0.6) is 0 Å². The van der Waals surface area contributed by atoms with Crippen molar-refractivity contribution in [1.82, 2.24) is 9.80 Å². The molecule has 1 amide bonds. The molecule has 25 heavy (non-hydrogen) atoms. The standard InChI is InChI=1S/C19H24FN3OS/c1-14-3-4-17(11-18(14)20)21-19(24)15(2)23-8-6-22(7-9-23)12-16-5-10-25-13-16/h3-5,10-11,13,15H,6-9,12H2,1-2H3,(H,21,24). The van der Waals surface area contributed by atoms with E-state index in [9.17, 15) is 9.18 Å². The Morgan fingerprint density at radius 2 is 2.04 bits per heavy atom. The van der Waals surface area contributed by atoms with Gasteiger partial charge in [0.05, 0.1) is 6.04 Å². The number of carbonyl (C=O) groups is 1. The van der Waals surface area contributed by atoms with Crippen molar-refractivity contribution >= 4 is 22.9 Å². The minimum atomic E-state index is -0.299. The quantitative estimate of drug-likeness (QED) is 0.887. The van der Waals surface area contributed by atoms with Crippen LogP contribution >= 0.6 is 11.3 Å². The summed E-state index contributed by atoms with van der Waals surface area (Å²) in [4.78, 5) is 17.1. The predicted octanol–water partition coefficient (Wildman–Crippen LogP) is 3.34. The molecule has 1 fully saturated rings. The molecule has 0 radical (unpaired) electrons. The summed E-state index contributed by atoms with van der Waals surface area (Å²) in [6.07, 6.45) is 0. The maximum absolute atomic E-state index is 13.6. The summed E-state index contributed by atoms with van der Waals surface area (Å²) in [5.74, 6) is -0.387. The monoisotopic (exact) mass is 361 g/mol. The van der Waals surface area contributed by atoms with Crippen LogP contribution in [0.3, 0.4) is 0 Å². The lowest BCUT2D eigenvalue weighted by atomic mass is 10.2. The van der Waals surface area contributed by atoms with E-state index in [2.05, 4.69) is 31.9 Å². The molecule has 4 nitrogen and oxygen atoms in total. The third kappa shape index (κ3) is 4.66. The number of aryl methyl sites for hydroxylation is 1. The van der Waals surface area contributed by atoms with Gasteiger partial charge in [0.25, 0.3) is 0 Å². The molecule has 0 bridgehead atoms. The van der Waals surface area contributed by atoms with Crippen molar-refractivity contribution in [2.45, 2.75) is 26.4 Å². The van der Waals surface area contributed by atoms with Crippen molar-refractivity contribution in [3.8, 4) is 0 Å². The molecule has 1 N–H and O–H groups in total. The van der Waals surface area contributed by atoms with Gasteiger partial charge < -0.3 is 5.32 Å². The topological polar surface area (TPSA) is 35.6 Å². The van der Waals surface area contributed by atoms with Gasteiger partial charge in [0.15, 0.2) is 0 Å². The Morgan fingerprint density at radius 3 is 2.68 bits per heavy atom. The lowest BCUT2D eigenvalue weighted by Gasteiger charge is -2.37. The lowest BCUT2D eigenvalue weighted by Crippen LogP contribution is -2.52. The highest BCUT2D eigenvalue weighted by Crippen LogP contribution is 2.16. The molecule has 1 aliphatic rings. The average molecular weight is 361 g/mol. The summed E-state index contributed by atoms with van der Waals surface area (Å²) in [6, 6.07) is 6.72. The van der Waals surface area contributed by atoms with E-state index in [0.29, 0.717) is 11.3 Å². The van der Waals surface area contributed by atoms with Crippen LogP contribution in [0, 0.1) is 12.7 Å². The van der Waals surface area contributed by atoms with Gasteiger partial charge in [-0.1, -0.05) is 6.07 Å². The zero-order chi connectivity index (χ0) is 17.8. The van der Waals surface area contributed by atoms with Crippen molar-refractivity contribution in [1.29, 1.82) is 0 Å². The van der Waals surface area contributed by atoms with E-state index in [1.165, 1.54) is 11.6 Å². The molecule has 1 atom stereocenters. The average Bonchev–Trinajstić information content (AvgIpc) is 3.11. The van der Waals surface area contributed by atoms with E-state index in [1.54, 1.807) is 30.4 Å². The Labute approximate surface area is 152 Å². The molecule has 2 aromatic rings. The Balaban J connectivity index is 1.50. The minimum absolute atomic E-state index is 0.0884. The number of hydrogen-bond acceptors (Lipinski definition) is 4. The van der Waals surface area contributed by atoms with Crippen LogP contribution in [0.4, 0.5) is 10.1 Å². The molecule has 1 saturated heterocycles. The summed E-state index contributed by atoms with van der Waals surface area (Å²) < 4.78 is 13.6. The first kappa shape index (κ1) is 18.0. The van der Waals surface area contributed by atoms with Crippen LogP contribution in [-0.4, -0.2) is 47.9 Å². The van der Waals surface area contributed by atoms with Crippen molar-refractivity contribution in [2.24, 2.45) is 0 Å². The van der Waals surface area contributed by atoms with Gasteiger partial charge in [0.1, 0.15) is 5.82 Å². The smallest absolute Gasteiger partial charge is 0.241 e. The van der Waals surface area contributed by atoms with Gasteiger partial charge in [-0.3, -0.25) is 14.6 Å². The van der Waals surface area contributed by atoms with E-state index < -0.39 is 0 Å². The molecular weight excluding hydrogens is 337 g/mol. The highest BCUT2D eigenvalue weighted by atomic mass is 32.1. The fraction of sp³-hybridized carbons (Fsp3) is 0.421. The van der Waals surface area contributed by atoms with E-state index in [0.717, 1.165) is 32.7 Å². The number of nitrogens with zero attached hydrogens (tertiary/aromatic N) is 2. The van der Waals surface area contributed by atoms with Crippen molar-refractivity contribution < 1.29 is 9.18 Å². The number of amides is 1. The zero-order valence-electron chi connectivity index (χ0n) is 14.7. The number of rotatable bonds is 5. The van der Waals surface area contributed by atoms with Gasteiger partial charge in [-0.2, -0.15) is 11.3 Å². The molecule has 0 saturated carbocycles. The first-order valence-corrected chi connectivity index (χ1v) is 9.51. The zero-order valence-corrected chi connectivity index (χ0v) is 15.5. The first-order valence-electron chi connectivity index (χ1n) is 8.57. The molecule has 1 aromatic carbocycles. The molecule has 2 heterocycles.